The third-order valence-corrected chi connectivity index (χ3v) is 5.70. The zero-order valence-electron chi connectivity index (χ0n) is 14.6. The van der Waals surface area contributed by atoms with Gasteiger partial charge in [0, 0.05) is 18.8 Å². The first-order valence-corrected chi connectivity index (χ1v) is 9.87. The molecular formula is C18H18N2O6S. The molecule has 1 N–H and O–H groups in total. The Hall–Kier alpha value is -2.94. The van der Waals surface area contributed by atoms with E-state index < -0.39 is 10.0 Å². The number of carbonyl (C=O) groups excluding carboxylic acids is 1. The largest absolute Gasteiger partial charge is 0.491 e. The van der Waals surface area contributed by atoms with Crippen LogP contribution in [0, 0.1) is 0 Å². The lowest BCUT2D eigenvalue weighted by atomic mass is 10.1. The van der Waals surface area contributed by atoms with Gasteiger partial charge in [-0.2, -0.15) is 0 Å². The Morgan fingerprint density at radius 1 is 0.926 bits per heavy atom. The molecule has 2 aliphatic rings. The molecule has 0 aromatic heterocycles. The number of fused-ring (bicyclic) bond motifs is 2. The first-order chi connectivity index (χ1) is 12.9. The molecule has 142 valence electrons. The van der Waals surface area contributed by atoms with Crippen molar-refractivity contribution in [2.75, 3.05) is 38.1 Å². The minimum absolute atomic E-state index is 0.0430. The van der Waals surface area contributed by atoms with Crippen LogP contribution in [0.5, 0.6) is 17.2 Å². The predicted molar refractivity (Wildman–Crippen MR) is 97.1 cm³/mol. The second-order valence-corrected chi connectivity index (χ2v) is 7.88. The number of sulfonamides is 1. The smallest absolute Gasteiger partial charge is 0.262 e. The number of anilines is 1. The molecule has 9 heteroatoms. The maximum atomic E-state index is 12.7. The molecule has 0 aliphatic carbocycles. The Kier molecular flexibility index (Phi) is 4.31. The van der Waals surface area contributed by atoms with Crippen molar-refractivity contribution in [3.8, 4) is 17.2 Å². The lowest BCUT2D eigenvalue weighted by Crippen LogP contribution is -2.27. The molecule has 4 rings (SSSR count). The number of hydrogen-bond acceptors (Lipinski definition) is 6. The normalized spacial score (nSPS) is 16.2. The van der Waals surface area contributed by atoms with E-state index in [1.54, 1.807) is 25.2 Å². The standard InChI is InChI=1S/C18H18N2O6S/c1-20-6-7-24-15-4-2-12(10-14(15)18(20)21)19-27(22,23)13-3-5-16-17(11-13)26-9-8-25-16/h2-5,10-11,19H,6-9H2,1H3. The van der Waals surface area contributed by atoms with Gasteiger partial charge in [-0.1, -0.05) is 0 Å². The molecular weight excluding hydrogens is 372 g/mol. The first-order valence-electron chi connectivity index (χ1n) is 8.39. The van der Waals surface area contributed by atoms with Crippen LogP contribution in [-0.4, -0.2) is 52.6 Å². The van der Waals surface area contributed by atoms with Crippen molar-refractivity contribution in [2.24, 2.45) is 0 Å². The van der Waals surface area contributed by atoms with Crippen molar-refractivity contribution in [2.45, 2.75) is 4.90 Å². The van der Waals surface area contributed by atoms with E-state index in [4.69, 9.17) is 14.2 Å². The van der Waals surface area contributed by atoms with Gasteiger partial charge in [-0.3, -0.25) is 9.52 Å². The number of benzene rings is 2. The summed E-state index contributed by atoms with van der Waals surface area (Å²) in [6.45, 7) is 1.64. The van der Waals surface area contributed by atoms with Crippen molar-refractivity contribution in [3.05, 3.63) is 42.0 Å². The molecule has 0 spiro atoms. The van der Waals surface area contributed by atoms with Crippen LogP contribution in [0.3, 0.4) is 0 Å². The highest BCUT2D eigenvalue weighted by molar-refractivity contribution is 7.92. The second-order valence-electron chi connectivity index (χ2n) is 6.20. The van der Waals surface area contributed by atoms with Gasteiger partial charge in [0.15, 0.2) is 11.5 Å². The molecule has 0 atom stereocenters. The van der Waals surface area contributed by atoms with Crippen LogP contribution in [0.1, 0.15) is 10.4 Å². The van der Waals surface area contributed by atoms with Crippen LogP contribution in [0.2, 0.25) is 0 Å². The summed E-state index contributed by atoms with van der Waals surface area (Å²) in [5, 5.41) is 0. The van der Waals surface area contributed by atoms with Gasteiger partial charge in [0.25, 0.3) is 15.9 Å². The van der Waals surface area contributed by atoms with Gasteiger partial charge in [-0.05, 0) is 30.3 Å². The zero-order valence-corrected chi connectivity index (χ0v) is 15.4. The molecule has 8 nitrogen and oxygen atoms in total. The van der Waals surface area contributed by atoms with Crippen molar-refractivity contribution < 1.29 is 27.4 Å². The summed E-state index contributed by atoms with van der Waals surface area (Å²) in [5.41, 5.74) is 0.591. The summed E-state index contributed by atoms with van der Waals surface area (Å²) in [5.74, 6) is 1.11. The summed E-state index contributed by atoms with van der Waals surface area (Å²) in [4.78, 5) is 14.0. The molecule has 0 saturated carbocycles. The maximum Gasteiger partial charge on any atom is 0.262 e. The van der Waals surface area contributed by atoms with E-state index in [0.717, 1.165) is 0 Å². The van der Waals surface area contributed by atoms with Crippen LogP contribution < -0.4 is 18.9 Å². The minimum Gasteiger partial charge on any atom is -0.491 e. The van der Waals surface area contributed by atoms with Crippen molar-refractivity contribution >= 4 is 21.6 Å². The lowest BCUT2D eigenvalue weighted by Gasteiger charge is -2.19. The summed E-state index contributed by atoms with van der Waals surface area (Å²) in [6.07, 6.45) is 0. The van der Waals surface area contributed by atoms with E-state index in [2.05, 4.69) is 4.72 Å². The van der Waals surface area contributed by atoms with Gasteiger partial charge in [-0.15, -0.1) is 0 Å². The van der Waals surface area contributed by atoms with Gasteiger partial charge in [-0.25, -0.2) is 8.42 Å². The van der Waals surface area contributed by atoms with Crippen LogP contribution in [0.15, 0.2) is 41.3 Å². The van der Waals surface area contributed by atoms with Crippen LogP contribution in [-0.2, 0) is 10.0 Å². The lowest BCUT2D eigenvalue weighted by molar-refractivity contribution is 0.0796. The van der Waals surface area contributed by atoms with Crippen molar-refractivity contribution in [3.63, 3.8) is 0 Å². The Morgan fingerprint density at radius 2 is 1.63 bits per heavy atom. The average molecular weight is 390 g/mol. The maximum absolute atomic E-state index is 12.7. The fourth-order valence-electron chi connectivity index (χ4n) is 2.89. The number of nitrogens with zero attached hydrogens (tertiary/aromatic N) is 1. The molecule has 27 heavy (non-hydrogen) atoms. The fourth-order valence-corrected chi connectivity index (χ4v) is 3.96. The topological polar surface area (TPSA) is 94.2 Å². The Morgan fingerprint density at radius 3 is 2.44 bits per heavy atom. The average Bonchev–Trinajstić information content (AvgIpc) is 2.80. The number of amides is 1. The van der Waals surface area contributed by atoms with Gasteiger partial charge in [0.2, 0.25) is 0 Å². The van der Waals surface area contributed by atoms with Crippen LogP contribution in [0.25, 0.3) is 0 Å². The summed E-state index contributed by atoms with van der Waals surface area (Å²) in [7, 11) is -2.19. The molecule has 0 radical (unpaired) electrons. The van der Waals surface area contributed by atoms with Crippen LogP contribution >= 0.6 is 0 Å². The van der Waals surface area contributed by atoms with Gasteiger partial charge >= 0.3 is 0 Å². The van der Waals surface area contributed by atoms with Gasteiger partial charge in [0.05, 0.1) is 17.0 Å². The minimum atomic E-state index is -3.86. The zero-order chi connectivity index (χ0) is 19.0. The monoisotopic (exact) mass is 390 g/mol. The molecule has 2 aromatic rings. The van der Waals surface area contributed by atoms with E-state index in [1.165, 1.54) is 23.1 Å². The van der Waals surface area contributed by atoms with E-state index in [9.17, 15) is 13.2 Å². The molecule has 2 aromatic carbocycles. The van der Waals surface area contributed by atoms with Crippen molar-refractivity contribution in [1.29, 1.82) is 0 Å². The van der Waals surface area contributed by atoms with Crippen LogP contribution in [0.4, 0.5) is 5.69 Å². The van der Waals surface area contributed by atoms with Gasteiger partial charge < -0.3 is 19.1 Å². The van der Waals surface area contributed by atoms with E-state index in [0.29, 0.717) is 49.2 Å². The summed E-state index contributed by atoms with van der Waals surface area (Å²) < 4.78 is 44.4. The molecule has 2 heterocycles. The molecule has 0 saturated heterocycles. The van der Waals surface area contributed by atoms with E-state index in [-0.39, 0.29) is 16.5 Å². The number of rotatable bonds is 3. The predicted octanol–water partition coefficient (Wildman–Crippen LogP) is 1.72. The third kappa shape index (κ3) is 3.37. The number of hydrogen-bond donors (Lipinski definition) is 1. The second kappa shape index (κ2) is 6.66. The first kappa shape index (κ1) is 17.5. The molecule has 2 aliphatic heterocycles. The Labute approximate surface area is 156 Å². The third-order valence-electron chi connectivity index (χ3n) is 4.32. The summed E-state index contributed by atoms with van der Waals surface area (Å²) in [6, 6.07) is 9.06. The number of ether oxygens (including phenoxy) is 3. The molecule has 0 fully saturated rings. The molecule has 0 unspecified atom stereocenters. The Balaban J connectivity index is 1.64. The Bertz CT molecular complexity index is 1000. The molecule has 1 amide bonds. The highest BCUT2D eigenvalue weighted by atomic mass is 32.2. The fraction of sp³-hybridized carbons (Fsp3) is 0.278. The van der Waals surface area contributed by atoms with E-state index >= 15 is 0 Å². The SMILES string of the molecule is CN1CCOc2ccc(NS(=O)(=O)c3ccc4c(c3)OCCO4)cc2C1=O. The number of nitrogens with one attached hydrogen (secondary N) is 1. The highest BCUT2D eigenvalue weighted by Gasteiger charge is 2.23. The quantitative estimate of drug-likeness (QED) is 0.858. The van der Waals surface area contributed by atoms with Gasteiger partial charge in [0.1, 0.15) is 25.6 Å². The highest BCUT2D eigenvalue weighted by Crippen LogP contribution is 2.33. The van der Waals surface area contributed by atoms with E-state index in [1.807, 2.05) is 0 Å². The number of carbonyl (C=O) groups is 1. The molecule has 0 bridgehead atoms. The van der Waals surface area contributed by atoms with Crippen molar-refractivity contribution in [1.82, 2.24) is 4.90 Å². The number of likely N-dealkylation sites (N-methyl/N-ethyl adjacent to an activating group) is 1. The summed E-state index contributed by atoms with van der Waals surface area (Å²) >= 11 is 0.